The van der Waals surface area contributed by atoms with Crippen LogP contribution in [0.15, 0.2) is 30.3 Å². The Balaban J connectivity index is 2.28. The van der Waals surface area contributed by atoms with Crippen molar-refractivity contribution in [3.63, 3.8) is 0 Å². The van der Waals surface area contributed by atoms with E-state index in [0.717, 1.165) is 10.2 Å². The van der Waals surface area contributed by atoms with E-state index in [0.29, 0.717) is 0 Å². The van der Waals surface area contributed by atoms with Crippen molar-refractivity contribution in [1.82, 2.24) is 15.0 Å². The molecule has 1 aromatic carbocycles. The Labute approximate surface area is 108 Å². The number of rotatable bonds is 5. The minimum absolute atomic E-state index is 0.0964. The van der Waals surface area contributed by atoms with Crippen molar-refractivity contribution < 1.29 is 19.0 Å². The first-order valence-corrected chi connectivity index (χ1v) is 5.68. The Bertz CT molecular complexity index is 529. The molecule has 5 nitrogen and oxygen atoms in total. The highest BCUT2D eigenvalue weighted by Crippen LogP contribution is 2.23. The number of aromatic nitrogens is 3. The van der Waals surface area contributed by atoms with Crippen LogP contribution in [-0.2, 0) is 13.0 Å². The predicted octanol–water partition coefficient (Wildman–Crippen LogP) is 1.12. The van der Waals surface area contributed by atoms with Gasteiger partial charge in [-0.1, -0.05) is 35.5 Å². The van der Waals surface area contributed by atoms with Crippen molar-refractivity contribution in [1.29, 1.82) is 0 Å². The van der Waals surface area contributed by atoms with E-state index in [2.05, 4.69) is 10.3 Å². The zero-order valence-corrected chi connectivity index (χ0v) is 9.95. The summed E-state index contributed by atoms with van der Waals surface area (Å²) >= 11 is 0. The van der Waals surface area contributed by atoms with E-state index in [1.165, 1.54) is 0 Å². The highest BCUT2D eigenvalue weighted by atomic mass is 19.3. The Morgan fingerprint density at radius 1 is 1.16 bits per heavy atom. The van der Waals surface area contributed by atoms with E-state index in [9.17, 15) is 8.78 Å². The Morgan fingerprint density at radius 3 is 2.42 bits per heavy atom. The van der Waals surface area contributed by atoms with Gasteiger partial charge >= 0.3 is 0 Å². The zero-order chi connectivity index (χ0) is 13.8. The van der Waals surface area contributed by atoms with Crippen LogP contribution in [0.3, 0.4) is 0 Å². The van der Waals surface area contributed by atoms with Crippen molar-refractivity contribution in [2.24, 2.45) is 0 Å². The molecule has 0 aliphatic rings. The third-order valence-corrected chi connectivity index (χ3v) is 2.60. The van der Waals surface area contributed by atoms with Gasteiger partial charge < -0.3 is 10.2 Å². The molecule has 102 valence electrons. The number of nitrogens with zero attached hydrogens (tertiary/aromatic N) is 3. The van der Waals surface area contributed by atoms with Gasteiger partial charge in [0.2, 0.25) is 0 Å². The minimum atomic E-state index is -2.77. The summed E-state index contributed by atoms with van der Waals surface area (Å²) in [5.41, 5.74) is 0.336. The SMILES string of the molecule is OC(O)Cc1nnn(Cc2ccccc2)c1C(F)F. The van der Waals surface area contributed by atoms with Crippen LogP contribution in [-0.4, -0.2) is 31.5 Å². The first-order chi connectivity index (χ1) is 9.08. The Morgan fingerprint density at radius 2 is 1.84 bits per heavy atom. The fraction of sp³-hybridized carbons (Fsp3) is 0.333. The monoisotopic (exact) mass is 269 g/mol. The average Bonchev–Trinajstić information content (AvgIpc) is 2.72. The fourth-order valence-corrected chi connectivity index (χ4v) is 1.79. The van der Waals surface area contributed by atoms with Gasteiger partial charge in [0.05, 0.1) is 12.2 Å². The summed E-state index contributed by atoms with van der Waals surface area (Å²) in [5, 5.41) is 24.9. The van der Waals surface area contributed by atoms with Gasteiger partial charge in [-0.3, -0.25) is 0 Å². The molecule has 2 N–H and O–H groups in total. The molecule has 1 heterocycles. The van der Waals surface area contributed by atoms with Gasteiger partial charge in [-0.2, -0.15) is 0 Å². The third kappa shape index (κ3) is 3.33. The molecule has 7 heteroatoms. The molecule has 0 amide bonds. The second-order valence-electron chi connectivity index (χ2n) is 4.05. The number of hydrogen-bond acceptors (Lipinski definition) is 4. The van der Waals surface area contributed by atoms with Crippen molar-refractivity contribution >= 4 is 0 Å². The van der Waals surface area contributed by atoms with Gasteiger partial charge in [-0.05, 0) is 5.56 Å². The summed E-state index contributed by atoms with van der Waals surface area (Å²) in [6.45, 7) is 0.162. The normalized spacial score (nSPS) is 11.5. The average molecular weight is 269 g/mol. The van der Waals surface area contributed by atoms with Crippen molar-refractivity contribution in [3.05, 3.63) is 47.3 Å². The number of benzene rings is 1. The lowest BCUT2D eigenvalue weighted by molar-refractivity contribution is -0.0393. The van der Waals surface area contributed by atoms with Crippen LogP contribution in [0, 0.1) is 0 Å². The quantitative estimate of drug-likeness (QED) is 0.798. The third-order valence-electron chi connectivity index (χ3n) is 2.60. The first-order valence-electron chi connectivity index (χ1n) is 5.68. The molecular weight excluding hydrogens is 256 g/mol. The van der Waals surface area contributed by atoms with Crippen LogP contribution in [0.4, 0.5) is 8.78 Å². The number of hydrogen-bond donors (Lipinski definition) is 2. The topological polar surface area (TPSA) is 71.2 Å². The number of aliphatic hydroxyl groups is 2. The number of alkyl halides is 2. The second-order valence-corrected chi connectivity index (χ2v) is 4.05. The second kappa shape index (κ2) is 5.85. The molecule has 2 rings (SSSR count). The molecule has 0 radical (unpaired) electrons. The van der Waals surface area contributed by atoms with Gasteiger partial charge in [0.15, 0.2) is 6.29 Å². The van der Waals surface area contributed by atoms with E-state index in [1.54, 1.807) is 24.3 Å². The summed E-state index contributed by atoms with van der Waals surface area (Å²) in [6, 6.07) is 9.00. The van der Waals surface area contributed by atoms with Gasteiger partial charge in [0.1, 0.15) is 5.69 Å². The number of aliphatic hydroxyl groups excluding tert-OH is 1. The van der Waals surface area contributed by atoms with Crippen LogP contribution in [0.1, 0.15) is 23.4 Å². The van der Waals surface area contributed by atoms with Crippen LogP contribution in [0.5, 0.6) is 0 Å². The molecule has 0 bridgehead atoms. The highest BCUT2D eigenvalue weighted by Gasteiger charge is 2.23. The fourth-order valence-electron chi connectivity index (χ4n) is 1.79. The molecule has 0 unspecified atom stereocenters. The van der Waals surface area contributed by atoms with E-state index >= 15 is 0 Å². The summed E-state index contributed by atoms with van der Waals surface area (Å²) in [7, 11) is 0. The Hall–Kier alpha value is -1.86. The maximum Gasteiger partial charge on any atom is 0.281 e. The van der Waals surface area contributed by atoms with E-state index in [-0.39, 0.29) is 24.4 Å². The van der Waals surface area contributed by atoms with Crippen LogP contribution in [0.25, 0.3) is 0 Å². The molecular formula is C12H13F2N3O2. The zero-order valence-electron chi connectivity index (χ0n) is 9.95. The van der Waals surface area contributed by atoms with E-state index in [1.807, 2.05) is 6.07 Å². The molecule has 0 saturated heterocycles. The predicted molar refractivity (Wildman–Crippen MR) is 62.5 cm³/mol. The standard InChI is InChI=1S/C12H13F2N3O2/c13-12(14)11-9(6-10(18)19)15-16-17(11)7-8-4-2-1-3-5-8/h1-5,10,12,18-19H,6-7H2. The Kier molecular flexibility index (Phi) is 4.18. The molecule has 2 aromatic rings. The molecule has 0 saturated carbocycles. The molecule has 1 aromatic heterocycles. The molecule has 19 heavy (non-hydrogen) atoms. The lowest BCUT2D eigenvalue weighted by atomic mass is 10.2. The molecule has 0 fully saturated rings. The molecule has 0 aliphatic heterocycles. The lowest BCUT2D eigenvalue weighted by Gasteiger charge is -2.08. The molecule has 0 aliphatic carbocycles. The number of halogens is 2. The minimum Gasteiger partial charge on any atom is -0.368 e. The van der Waals surface area contributed by atoms with Gasteiger partial charge in [0.25, 0.3) is 6.43 Å². The summed E-state index contributed by atoms with van der Waals surface area (Å²) < 4.78 is 27.1. The van der Waals surface area contributed by atoms with Gasteiger partial charge in [-0.25, -0.2) is 13.5 Å². The van der Waals surface area contributed by atoms with Crippen molar-refractivity contribution in [2.75, 3.05) is 0 Å². The molecule has 0 atom stereocenters. The van der Waals surface area contributed by atoms with Gasteiger partial charge in [-0.15, -0.1) is 5.10 Å². The lowest BCUT2D eigenvalue weighted by Crippen LogP contribution is -2.12. The summed E-state index contributed by atoms with van der Waals surface area (Å²) in [4.78, 5) is 0. The molecule has 0 spiro atoms. The maximum atomic E-state index is 13.0. The van der Waals surface area contributed by atoms with Gasteiger partial charge in [0, 0.05) is 6.42 Å². The van der Waals surface area contributed by atoms with E-state index < -0.39 is 12.7 Å². The summed E-state index contributed by atoms with van der Waals surface area (Å²) in [6.07, 6.45) is -4.86. The van der Waals surface area contributed by atoms with Crippen LogP contribution < -0.4 is 0 Å². The van der Waals surface area contributed by atoms with Crippen LogP contribution in [0.2, 0.25) is 0 Å². The van der Waals surface area contributed by atoms with Crippen molar-refractivity contribution in [2.45, 2.75) is 25.7 Å². The van der Waals surface area contributed by atoms with Crippen LogP contribution >= 0.6 is 0 Å². The highest BCUT2D eigenvalue weighted by molar-refractivity contribution is 5.18. The van der Waals surface area contributed by atoms with Crippen molar-refractivity contribution in [3.8, 4) is 0 Å². The largest absolute Gasteiger partial charge is 0.368 e. The summed E-state index contributed by atoms with van der Waals surface area (Å²) in [5.74, 6) is 0. The first kappa shape index (κ1) is 13.6. The van der Waals surface area contributed by atoms with E-state index in [4.69, 9.17) is 10.2 Å². The maximum absolute atomic E-state index is 13.0. The smallest absolute Gasteiger partial charge is 0.281 e.